The van der Waals surface area contributed by atoms with Gasteiger partial charge in [-0.05, 0) is 18.2 Å². The largest absolute Gasteiger partial charge is 0.481 e. The van der Waals surface area contributed by atoms with Gasteiger partial charge in [0.15, 0.2) is 16.9 Å². The highest BCUT2D eigenvalue weighted by Crippen LogP contribution is 2.40. The number of carboxylic acid groups (broad SMARTS) is 1. The first kappa shape index (κ1) is 20.0. The summed E-state index contributed by atoms with van der Waals surface area (Å²) in [7, 11) is 0. The van der Waals surface area contributed by atoms with Gasteiger partial charge >= 0.3 is 12.6 Å². The lowest BCUT2D eigenvalue weighted by molar-refractivity contribution is -0.527. The topological polar surface area (TPSA) is 116 Å². The summed E-state index contributed by atoms with van der Waals surface area (Å²) in [5.41, 5.74) is 0.119. The van der Waals surface area contributed by atoms with Gasteiger partial charge in [-0.25, -0.2) is 0 Å². The van der Waals surface area contributed by atoms with Crippen molar-refractivity contribution < 1.29 is 32.8 Å². The fourth-order valence-corrected chi connectivity index (χ4v) is 2.67. The van der Waals surface area contributed by atoms with Crippen LogP contribution in [0.1, 0.15) is 31.9 Å². The van der Waals surface area contributed by atoms with E-state index in [1.54, 1.807) is 0 Å². The number of nitro groups is 1. The Bertz CT molecular complexity index is 973. The number of alkyl halides is 2. The zero-order valence-electron chi connectivity index (χ0n) is 14.4. The Balaban J connectivity index is 0.00000126. The molecule has 2 aromatic heterocycles. The standard InChI is InChI=1S/C15H10F2N2O6.C2H6/c16-15(17)25-10-2-1-7(9(19(22)23)5-12(20)21)13-8-3-4-18-6-11(8)24-14(10)13;1-2/h1-4,6,9,15H,5H2,(H,20,21);1-2H3. The second-order valence-electron chi connectivity index (χ2n) is 5.11. The van der Waals surface area contributed by atoms with E-state index in [9.17, 15) is 23.7 Å². The van der Waals surface area contributed by atoms with Gasteiger partial charge in [0, 0.05) is 27.5 Å². The van der Waals surface area contributed by atoms with Gasteiger partial charge in [0.05, 0.1) is 6.20 Å². The molecule has 0 amide bonds. The van der Waals surface area contributed by atoms with E-state index in [2.05, 4.69) is 9.72 Å². The van der Waals surface area contributed by atoms with Gasteiger partial charge in [-0.3, -0.25) is 19.9 Å². The SMILES string of the molecule is CC.O=C(O)CC(c1ccc(OC(F)F)c2oc3cnccc3c12)[N+](=O)[O-]. The van der Waals surface area contributed by atoms with E-state index in [1.807, 2.05) is 13.8 Å². The van der Waals surface area contributed by atoms with E-state index in [-0.39, 0.29) is 27.9 Å². The molecule has 10 heteroatoms. The molecule has 1 unspecified atom stereocenters. The van der Waals surface area contributed by atoms with Crippen LogP contribution in [0.5, 0.6) is 5.75 Å². The van der Waals surface area contributed by atoms with Crippen LogP contribution in [0.25, 0.3) is 21.9 Å². The number of benzene rings is 1. The number of ether oxygens (including phenoxy) is 1. The molecule has 0 aliphatic carbocycles. The molecule has 3 aromatic rings. The number of halogens is 2. The predicted molar refractivity (Wildman–Crippen MR) is 91.5 cm³/mol. The molecule has 0 saturated heterocycles. The van der Waals surface area contributed by atoms with Gasteiger partial charge in [0.2, 0.25) is 6.04 Å². The lowest BCUT2D eigenvalue weighted by Crippen LogP contribution is -2.15. The average molecular weight is 382 g/mol. The molecule has 0 fully saturated rings. The van der Waals surface area contributed by atoms with Crippen LogP contribution in [0.4, 0.5) is 8.78 Å². The molecule has 0 radical (unpaired) electrons. The van der Waals surface area contributed by atoms with Crippen LogP contribution in [-0.4, -0.2) is 27.6 Å². The molecule has 0 aliphatic rings. The van der Waals surface area contributed by atoms with E-state index in [1.165, 1.54) is 24.5 Å². The van der Waals surface area contributed by atoms with Crippen LogP contribution in [-0.2, 0) is 4.79 Å². The fourth-order valence-electron chi connectivity index (χ4n) is 2.67. The van der Waals surface area contributed by atoms with Crippen LogP contribution in [0.3, 0.4) is 0 Å². The maximum atomic E-state index is 12.6. The number of hydrogen-bond acceptors (Lipinski definition) is 6. The van der Waals surface area contributed by atoms with Crippen molar-refractivity contribution in [1.82, 2.24) is 4.98 Å². The molecule has 1 atom stereocenters. The molecular weight excluding hydrogens is 366 g/mol. The summed E-state index contributed by atoms with van der Waals surface area (Å²) in [6, 6.07) is 2.22. The first-order chi connectivity index (χ1) is 12.9. The van der Waals surface area contributed by atoms with Crippen molar-refractivity contribution in [2.75, 3.05) is 0 Å². The first-order valence-electron chi connectivity index (χ1n) is 7.97. The lowest BCUT2D eigenvalue weighted by Gasteiger charge is -2.11. The van der Waals surface area contributed by atoms with Crippen LogP contribution in [0.2, 0.25) is 0 Å². The van der Waals surface area contributed by atoms with E-state index < -0.39 is 30.0 Å². The molecule has 144 valence electrons. The summed E-state index contributed by atoms with van der Waals surface area (Å²) in [6.45, 7) is 0.880. The molecule has 3 rings (SSSR count). The van der Waals surface area contributed by atoms with Crippen molar-refractivity contribution in [3.8, 4) is 5.75 Å². The van der Waals surface area contributed by atoms with Gasteiger partial charge in [-0.1, -0.05) is 13.8 Å². The number of aromatic nitrogens is 1. The van der Waals surface area contributed by atoms with Crippen molar-refractivity contribution in [1.29, 1.82) is 0 Å². The molecule has 1 N–H and O–H groups in total. The van der Waals surface area contributed by atoms with Crippen molar-refractivity contribution >= 4 is 27.9 Å². The summed E-state index contributed by atoms with van der Waals surface area (Å²) in [4.78, 5) is 25.4. The maximum absolute atomic E-state index is 12.6. The van der Waals surface area contributed by atoms with E-state index >= 15 is 0 Å². The third kappa shape index (κ3) is 4.10. The van der Waals surface area contributed by atoms with Gasteiger partial charge in [0.1, 0.15) is 6.42 Å². The normalized spacial score (nSPS) is 11.9. The quantitative estimate of drug-likeness (QED) is 0.496. The molecule has 0 bridgehead atoms. The van der Waals surface area contributed by atoms with Crippen molar-refractivity contribution in [2.45, 2.75) is 32.9 Å². The third-order valence-corrected chi connectivity index (χ3v) is 3.62. The molecule has 0 spiro atoms. The number of hydrogen-bond donors (Lipinski definition) is 1. The summed E-state index contributed by atoms with van der Waals surface area (Å²) in [6.07, 6.45) is 1.96. The highest BCUT2D eigenvalue weighted by Gasteiger charge is 2.31. The second kappa shape index (κ2) is 8.39. The zero-order valence-corrected chi connectivity index (χ0v) is 14.4. The molecule has 0 saturated carbocycles. The number of aliphatic carboxylic acids is 1. The van der Waals surface area contributed by atoms with E-state index in [0.717, 1.165) is 6.07 Å². The predicted octanol–water partition coefficient (Wildman–Crippen LogP) is 4.40. The summed E-state index contributed by atoms with van der Waals surface area (Å²) in [5.74, 6) is -1.67. The number of carboxylic acids is 1. The Hall–Kier alpha value is -3.30. The maximum Gasteiger partial charge on any atom is 0.387 e. The minimum atomic E-state index is -3.12. The Morgan fingerprint density at radius 2 is 2.07 bits per heavy atom. The smallest absolute Gasteiger partial charge is 0.387 e. The number of pyridine rings is 1. The number of furan rings is 1. The number of nitrogens with zero attached hydrogens (tertiary/aromatic N) is 2. The number of fused-ring (bicyclic) bond motifs is 3. The van der Waals surface area contributed by atoms with Gasteiger partial charge in [-0.15, -0.1) is 0 Å². The summed E-state index contributed by atoms with van der Waals surface area (Å²) < 4.78 is 35.1. The van der Waals surface area contributed by atoms with Crippen molar-refractivity contribution in [3.05, 3.63) is 46.3 Å². The van der Waals surface area contributed by atoms with Gasteiger partial charge in [0.25, 0.3) is 0 Å². The molecule has 8 nitrogen and oxygen atoms in total. The van der Waals surface area contributed by atoms with Crippen LogP contribution >= 0.6 is 0 Å². The Morgan fingerprint density at radius 3 is 2.67 bits per heavy atom. The van der Waals surface area contributed by atoms with Crippen LogP contribution in [0, 0.1) is 10.1 Å². The Morgan fingerprint density at radius 1 is 1.37 bits per heavy atom. The molecule has 0 aliphatic heterocycles. The second-order valence-corrected chi connectivity index (χ2v) is 5.11. The number of rotatable bonds is 6. The monoisotopic (exact) mass is 382 g/mol. The summed E-state index contributed by atoms with van der Waals surface area (Å²) in [5, 5.41) is 20.8. The summed E-state index contributed by atoms with van der Waals surface area (Å²) >= 11 is 0. The van der Waals surface area contributed by atoms with E-state index in [4.69, 9.17) is 9.52 Å². The Kier molecular flexibility index (Phi) is 6.22. The molecule has 27 heavy (non-hydrogen) atoms. The van der Waals surface area contributed by atoms with Gasteiger partial charge in [-0.2, -0.15) is 8.78 Å². The first-order valence-corrected chi connectivity index (χ1v) is 7.97. The average Bonchev–Trinajstić information content (AvgIpc) is 3.01. The van der Waals surface area contributed by atoms with E-state index in [0.29, 0.717) is 5.39 Å². The van der Waals surface area contributed by atoms with Crippen molar-refractivity contribution in [3.63, 3.8) is 0 Å². The zero-order chi connectivity index (χ0) is 20.1. The minimum absolute atomic E-state index is 0.0361. The highest BCUT2D eigenvalue weighted by atomic mass is 19.3. The van der Waals surface area contributed by atoms with Gasteiger partial charge < -0.3 is 14.3 Å². The highest BCUT2D eigenvalue weighted by molar-refractivity contribution is 6.08. The Labute approximate surface area is 151 Å². The minimum Gasteiger partial charge on any atom is -0.481 e. The third-order valence-electron chi connectivity index (χ3n) is 3.62. The molecule has 2 heterocycles. The van der Waals surface area contributed by atoms with Crippen molar-refractivity contribution in [2.24, 2.45) is 0 Å². The number of carbonyl (C=O) groups is 1. The fraction of sp³-hybridized carbons (Fsp3) is 0.294. The van der Waals surface area contributed by atoms with Crippen LogP contribution < -0.4 is 4.74 Å². The molecular formula is C17H16F2N2O6. The van der Waals surface area contributed by atoms with Crippen LogP contribution in [0.15, 0.2) is 35.0 Å². The lowest BCUT2D eigenvalue weighted by atomic mass is 9.98. The molecule has 1 aromatic carbocycles.